The molecule has 5 rings (SSSR count). The third-order valence-electron chi connectivity index (χ3n) is 6.11. The summed E-state index contributed by atoms with van der Waals surface area (Å²) in [7, 11) is 2.10. The van der Waals surface area contributed by atoms with Gasteiger partial charge in [-0.2, -0.15) is 13.2 Å². The van der Waals surface area contributed by atoms with Gasteiger partial charge in [0.15, 0.2) is 0 Å². The van der Waals surface area contributed by atoms with Gasteiger partial charge in [0.1, 0.15) is 11.5 Å². The molecule has 3 aromatic heterocycles. The van der Waals surface area contributed by atoms with E-state index in [-0.39, 0.29) is 5.69 Å². The van der Waals surface area contributed by atoms with Gasteiger partial charge in [0, 0.05) is 18.0 Å². The summed E-state index contributed by atoms with van der Waals surface area (Å²) < 4.78 is 55.1. The quantitative estimate of drug-likeness (QED) is 0.387. The third kappa shape index (κ3) is 4.20. The van der Waals surface area contributed by atoms with Crippen LogP contribution in [0.15, 0.2) is 54.9 Å². The standard InChI is InChI=1S/C24H21F4N5/c1-32-11-7-15(8-12-32)17-9-13-33-20(14-17)31-21(16-2-4-18(25)5-3-16)22(33)19-6-10-29-23(30-19)24(26,27)28/h2-6,9-10,13-15H,7-8,11-12H2,1H3. The number of piperidine rings is 1. The molecule has 5 nitrogen and oxygen atoms in total. The molecule has 33 heavy (non-hydrogen) atoms. The summed E-state index contributed by atoms with van der Waals surface area (Å²) in [6, 6.07) is 11.1. The molecule has 170 valence electrons. The van der Waals surface area contributed by atoms with Gasteiger partial charge in [-0.05, 0) is 86.9 Å². The molecule has 0 N–H and O–H groups in total. The minimum atomic E-state index is -4.67. The molecule has 0 atom stereocenters. The SMILES string of the molecule is CN1CCC(c2ccn3c(-c4ccnc(C(F)(F)F)n4)c(-c4ccc(F)cc4)nc3c2)CC1. The number of aromatic nitrogens is 4. The zero-order chi connectivity index (χ0) is 23.2. The summed E-state index contributed by atoms with van der Waals surface area (Å²) in [5, 5.41) is 0. The maximum atomic E-state index is 13.5. The number of alkyl halides is 3. The number of pyridine rings is 1. The second-order valence-corrected chi connectivity index (χ2v) is 8.34. The minimum Gasteiger partial charge on any atom is -0.306 e. The van der Waals surface area contributed by atoms with Crippen molar-refractivity contribution in [2.75, 3.05) is 20.1 Å². The van der Waals surface area contributed by atoms with Crippen LogP contribution in [0.5, 0.6) is 0 Å². The van der Waals surface area contributed by atoms with Crippen LogP contribution in [0.2, 0.25) is 0 Å². The van der Waals surface area contributed by atoms with Gasteiger partial charge in [-0.1, -0.05) is 0 Å². The first-order valence-electron chi connectivity index (χ1n) is 10.7. The maximum absolute atomic E-state index is 13.5. The predicted molar refractivity (Wildman–Crippen MR) is 116 cm³/mol. The van der Waals surface area contributed by atoms with Crippen LogP contribution in [0.1, 0.15) is 30.1 Å². The van der Waals surface area contributed by atoms with Crippen LogP contribution in [0.4, 0.5) is 17.6 Å². The molecule has 0 saturated carbocycles. The van der Waals surface area contributed by atoms with Crippen molar-refractivity contribution in [3.8, 4) is 22.6 Å². The summed E-state index contributed by atoms with van der Waals surface area (Å²) in [6.07, 6.45) is 0.311. The highest BCUT2D eigenvalue weighted by Gasteiger charge is 2.35. The maximum Gasteiger partial charge on any atom is 0.451 e. The molecular formula is C24H21F4N5. The Morgan fingerprint density at radius 2 is 1.70 bits per heavy atom. The molecule has 4 aromatic rings. The number of nitrogens with zero attached hydrogens (tertiary/aromatic N) is 5. The molecule has 1 aliphatic heterocycles. The fourth-order valence-electron chi connectivity index (χ4n) is 4.34. The predicted octanol–water partition coefficient (Wildman–Crippen LogP) is 5.43. The molecule has 1 aromatic carbocycles. The van der Waals surface area contributed by atoms with E-state index < -0.39 is 17.8 Å². The van der Waals surface area contributed by atoms with Gasteiger partial charge in [-0.25, -0.2) is 19.3 Å². The molecule has 0 amide bonds. The molecule has 0 radical (unpaired) electrons. The first kappa shape index (κ1) is 21.5. The van der Waals surface area contributed by atoms with Crippen molar-refractivity contribution in [3.05, 3.63) is 72.1 Å². The number of benzene rings is 1. The van der Waals surface area contributed by atoms with E-state index >= 15 is 0 Å². The van der Waals surface area contributed by atoms with Gasteiger partial charge in [0.05, 0.1) is 17.1 Å². The average Bonchev–Trinajstić information content (AvgIpc) is 3.18. The van der Waals surface area contributed by atoms with Crippen LogP contribution < -0.4 is 0 Å². The molecule has 4 heterocycles. The summed E-state index contributed by atoms with van der Waals surface area (Å²) >= 11 is 0. The second kappa shape index (κ2) is 8.22. The largest absolute Gasteiger partial charge is 0.451 e. The molecule has 9 heteroatoms. The first-order chi connectivity index (χ1) is 15.8. The number of imidazole rings is 1. The van der Waals surface area contributed by atoms with E-state index in [0.29, 0.717) is 28.5 Å². The van der Waals surface area contributed by atoms with Crippen molar-refractivity contribution in [1.82, 2.24) is 24.3 Å². The van der Waals surface area contributed by atoms with Crippen molar-refractivity contribution in [3.63, 3.8) is 0 Å². The van der Waals surface area contributed by atoms with Crippen LogP contribution in [0, 0.1) is 5.82 Å². The Morgan fingerprint density at radius 1 is 0.970 bits per heavy atom. The molecule has 0 bridgehead atoms. The van der Waals surface area contributed by atoms with E-state index in [1.54, 1.807) is 16.5 Å². The number of halogens is 4. The van der Waals surface area contributed by atoms with E-state index in [9.17, 15) is 17.6 Å². The Labute approximate surface area is 187 Å². The Bertz CT molecular complexity index is 1290. The fourth-order valence-corrected chi connectivity index (χ4v) is 4.34. The van der Waals surface area contributed by atoms with Crippen molar-refractivity contribution >= 4 is 5.65 Å². The Kier molecular flexibility index (Phi) is 5.36. The van der Waals surface area contributed by atoms with Gasteiger partial charge in [-0.15, -0.1) is 0 Å². The zero-order valence-electron chi connectivity index (χ0n) is 17.8. The van der Waals surface area contributed by atoms with E-state index in [0.717, 1.165) is 37.7 Å². The topological polar surface area (TPSA) is 46.3 Å². The number of likely N-dealkylation sites (tertiary alicyclic amines) is 1. The first-order valence-corrected chi connectivity index (χ1v) is 10.7. The highest BCUT2D eigenvalue weighted by molar-refractivity contribution is 5.80. The Morgan fingerprint density at radius 3 is 2.39 bits per heavy atom. The second-order valence-electron chi connectivity index (χ2n) is 8.34. The van der Waals surface area contributed by atoms with E-state index in [1.807, 2.05) is 18.3 Å². The van der Waals surface area contributed by atoms with Gasteiger partial charge in [-0.3, -0.25) is 4.40 Å². The lowest BCUT2D eigenvalue weighted by Gasteiger charge is -2.29. The number of hydrogen-bond acceptors (Lipinski definition) is 4. The van der Waals surface area contributed by atoms with Crippen LogP contribution in [0.25, 0.3) is 28.3 Å². The van der Waals surface area contributed by atoms with Gasteiger partial charge < -0.3 is 4.90 Å². The number of rotatable bonds is 3. The third-order valence-corrected chi connectivity index (χ3v) is 6.11. The van der Waals surface area contributed by atoms with E-state index in [4.69, 9.17) is 4.98 Å². The lowest BCUT2D eigenvalue weighted by Crippen LogP contribution is -2.29. The zero-order valence-corrected chi connectivity index (χ0v) is 17.8. The highest BCUT2D eigenvalue weighted by atomic mass is 19.4. The van der Waals surface area contributed by atoms with Crippen molar-refractivity contribution in [2.45, 2.75) is 24.9 Å². The molecule has 1 saturated heterocycles. The molecular weight excluding hydrogens is 434 g/mol. The average molecular weight is 455 g/mol. The highest BCUT2D eigenvalue weighted by Crippen LogP contribution is 2.35. The summed E-state index contributed by atoms with van der Waals surface area (Å²) in [6.45, 7) is 2.02. The van der Waals surface area contributed by atoms with E-state index in [2.05, 4.69) is 21.9 Å². The molecule has 0 unspecified atom stereocenters. The van der Waals surface area contributed by atoms with Crippen molar-refractivity contribution in [1.29, 1.82) is 0 Å². The monoisotopic (exact) mass is 455 g/mol. The normalized spacial score (nSPS) is 15.9. The van der Waals surface area contributed by atoms with Crippen LogP contribution in [-0.4, -0.2) is 44.4 Å². The van der Waals surface area contributed by atoms with Crippen molar-refractivity contribution in [2.24, 2.45) is 0 Å². The Hall–Kier alpha value is -3.33. The minimum absolute atomic E-state index is 0.0937. The Balaban J connectivity index is 1.67. The summed E-state index contributed by atoms with van der Waals surface area (Å²) in [5.41, 5.74) is 3.27. The van der Waals surface area contributed by atoms with Crippen LogP contribution in [0.3, 0.4) is 0 Å². The molecule has 1 fully saturated rings. The van der Waals surface area contributed by atoms with E-state index in [1.165, 1.54) is 18.2 Å². The van der Waals surface area contributed by atoms with Crippen LogP contribution >= 0.6 is 0 Å². The molecule has 1 aliphatic rings. The summed E-state index contributed by atoms with van der Waals surface area (Å²) in [4.78, 5) is 14.2. The summed E-state index contributed by atoms with van der Waals surface area (Å²) in [5.74, 6) is -1.23. The molecule has 0 spiro atoms. The lowest BCUT2D eigenvalue weighted by atomic mass is 9.90. The van der Waals surface area contributed by atoms with Gasteiger partial charge in [0.25, 0.3) is 0 Å². The lowest BCUT2D eigenvalue weighted by molar-refractivity contribution is -0.144. The van der Waals surface area contributed by atoms with Gasteiger partial charge >= 0.3 is 6.18 Å². The fraction of sp³-hybridized carbons (Fsp3) is 0.292. The smallest absolute Gasteiger partial charge is 0.306 e. The number of hydrogen-bond donors (Lipinski definition) is 0. The molecule has 0 aliphatic carbocycles. The number of fused-ring (bicyclic) bond motifs is 1. The van der Waals surface area contributed by atoms with Gasteiger partial charge in [0.2, 0.25) is 5.82 Å². The van der Waals surface area contributed by atoms with Crippen LogP contribution in [-0.2, 0) is 6.18 Å². The van der Waals surface area contributed by atoms with Crippen molar-refractivity contribution < 1.29 is 17.6 Å².